The monoisotopic (exact) mass is 388 g/mol. The Hall–Kier alpha value is -2.36. The molecule has 0 amide bonds. The molecule has 2 aromatic carbocycles. The van der Waals surface area contributed by atoms with Crippen molar-refractivity contribution in [3.63, 3.8) is 0 Å². The smallest absolute Gasteiger partial charge is 0.199 e. The second kappa shape index (κ2) is 7.90. The Morgan fingerprint density at radius 2 is 1.31 bits per heavy atom. The van der Waals surface area contributed by atoms with Gasteiger partial charge in [-0.2, -0.15) is 0 Å². The third kappa shape index (κ3) is 3.33. The van der Waals surface area contributed by atoms with Gasteiger partial charge >= 0.3 is 0 Å². The van der Waals surface area contributed by atoms with Crippen LogP contribution < -0.4 is 0 Å². The van der Waals surface area contributed by atoms with Gasteiger partial charge in [-0.1, -0.05) is 42.5 Å². The van der Waals surface area contributed by atoms with Gasteiger partial charge in [-0.25, -0.2) is 16.8 Å². The molecular formula is C20H20O4S2. The predicted octanol–water partition coefficient (Wildman–Crippen LogP) is 3.62. The SMILES string of the molecule is C#CCC(CCC=C)(S(=O)(=O)c1ccccc1)S(=O)(=O)c1ccccc1. The minimum absolute atomic E-state index is 0.0705. The summed E-state index contributed by atoms with van der Waals surface area (Å²) in [6.07, 6.45) is 6.50. The average molecular weight is 389 g/mol. The lowest BCUT2D eigenvalue weighted by atomic mass is 10.2. The van der Waals surface area contributed by atoms with Crippen LogP contribution in [0.2, 0.25) is 0 Å². The molecule has 0 radical (unpaired) electrons. The summed E-state index contributed by atoms with van der Waals surface area (Å²) in [5.41, 5.74) is 0. The molecule has 0 atom stereocenters. The molecule has 0 bridgehead atoms. The Kier molecular flexibility index (Phi) is 6.06. The molecule has 26 heavy (non-hydrogen) atoms. The Bertz CT molecular complexity index is 931. The number of hydrogen-bond donors (Lipinski definition) is 0. The molecule has 0 saturated heterocycles. The van der Waals surface area contributed by atoms with Gasteiger partial charge in [0, 0.05) is 6.42 Å². The topological polar surface area (TPSA) is 68.3 Å². The van der Waals surface area contributed by atoms with Crippen LogP contribution in [0.25, 0.3) is 0 Å². The van der Waals surface area contributed by atoms with Gasteiger partial charge in [0.2, 0.25) is 0 Å². The molecule has 0 aliphatic rings. The molecule has 0 saturated carbocycles. The number of hydrogen-bond acceptors (Lipinski definition) is 4. The van der Waals surface area contributed by atoms with E-state index in [2.05, 4.69) is 12.5 Å². The Labute approximate surface area is 155 Å². The van der Waals surface area contributed by atoms with Crippen molar-refractivity contribution in [3.8, 4) is 12.3 Å². The van der Waals surface area contributed by atoms with E-state index in [4.69, 9.17) is 6.42 Å². The van der Waals surface area contributed by atoms with Gasteiger partial charge in [0.25, 0.3) is 0 Å². The number of allylic oxidation sites excluding steroid dienone is 1. The van der Waals surface area contributed by atoms with Crippen LogP contribution in [-0.4, -0.2) is 20.9 Å². The minimum atomic E-state index is -4.28. The molecule has 0 unspecified atom stereocenters. The fourth-order valence-electron chi connectivity index (χ4n) is 2.80. The summed E-state index contributed by atoms with van der Waals surface area (Å²) >= 11 is 0. The summed E-state index contributed by atoms with van der Waals surface area (Å²) in [6, 6.07) is 15.1. The first-order valence-electron chi connectivity index (χ1n) is 7.97. The lowest BCUT2D eigenvalue weighted by Crippen LogP contribution is -2.46. The highest BCUT2D eigenvalue weighted by molar-refractivity contribution is 8.10. The van der Waals surface area contributed by atoms with Gasteiger partial charge < -0.3 is 0 Å². The minimum Gasteiger partial charge on any atom is -0.222 e. The highest BCUT2D eigenvalue weighted by atomic mass is 32.3. The van der Waals surface area contributed by atoms with Gasteiger partial charge in [0.15, 0.2) is 23.8 Å². The van der Waals surface area contributed by atoms with Crippen LogP contribution in [0.15, 0.2) is 83.1 Å². The van der Waals surface area contributed by atoms with Crippen LogP contribution in [-0.2, 0) is 19.7 Å². The van der Waals surface area contributed by atoms with Crippen LogP contribution in [0.1, 0.15) is 19.3 Å². The molecule has 0 spiro atoms. The summed E-state index contributed by atoms with van der Waals surface area (Å²) in [7, 11) is -8.56. The lowest BCUT2D eigenvalue weighted by Gasteiger charge is -2.31. The Morgan fingerprint density at radius 3 is 1.65 bits per heavy atom. The van der Waals surface area contributed by atoms with Gasteiger partial charge in [-0.15, -0.1) is 18.9 Å². The molecule has 0 fully saturated rings. The fraction of sp³-hybridized carbons (Fsp3) is 0.200. The van der Waals surface area contributed by atoms with E-state index >= 15 is 0 Å². The highest BCUT2D eigenvalue weighted by Gasteiger charge is 2.55. The van der Waals surface area contributed by atoms with E-state index in [0.29, 0.717) is 0 Å². The Balaban J connectivity index is 2.83. The van der Waals surface area contributed by atoms with E-state index in [1.54, 1.807) is 36.4 Å². The van der Waals surface area contributed by atoms with E-state index in [0.717, 1.165) is 0 Å². The van der Waals surface area contributed by atoms with Crippen LogP contribution >= 0.6 is 0 Å². The number of benzene rings is 2. The molecule has 0 N–H and O–H groups in total. The average Bonchev–Trinajstić information content (AvgIpc) is 2.66. The highest BCUT2D eigenvalue weighted by Crippen LogP contribution is 2.41. The second-order valence-corrected chi connectivity index (χ2v) is 10.5. The molecule has 6 heteroatoms. The van der Waals surface area contributed by atoms with Crippen LogP contribution in [0, 0.1) is 12.3 Å². The van der Waals surface area contributed by atoms with Crippen molar-refractivity contribution in [2.75, 3.05) is 0 Å². The van der Waals surface area contributed by atoms with Crippen molar-refractivity contribution in [2.45, 2.75) is 33.1 Å². The third-order valence-corrected chi connectivity index (χ3v) is 9.95. The van der Waals surface area contributed by atoms with Crippen LogP contribution in [0.5, 0.6) is 0 Å². The van der Waals surface area contributed by atoms with E-state index in [9.17, 15) is 16.8 Å². The molecule has 2 aromatic rings. The van der Waals surface area contributed by atoms with E-state index in [1.807, 2.05) is 0 Å². The largest absolute Gasteiger partial charge is 0.222 e. The number of rotatable bonds is 8. The summed E-state index contributed by atoms with van der Waals surface area (Å²) in [5.74, 6) is 2.28. The molecule has 136 valence electrons. The van der Waals surface area contributed by atoms with Crippen LogP contribution in [0.4, 0.5) is 0 Å². The summed E-state index contributed by atoms with van der Waals surface area (Å²) < 4.78 is 51.7. The first-order chi connectivity index (χ1) is 12.3. The maximum Gasteiger partial charge on any atom is 0.199 e. The predicted molar refractivity (Wildman–Crippen MR) is 103 cm³/mol. The molecule has 0 aliphatic carbocycles. The maximum atomic E-state index is 13.5. The van der Waals surface area contributed by atoms with Gasteiger partial charge in [0.1, 0.15) is 0 Å². The lowest BCUT2D eigenvalue weighted by molar-refractivity contribution is 0.526. The molecule has 0 aromatic heterocycles. The number of sulfone groups is 2. The van der Waals surface area contributed by atoms with Crippen molar-refractivity contribution in [1.82, 2.24) is 0 Å². The molecule has 0 heterocycles. The van der Waals surface area contributed by atoms with Gasteiger partial charge in [0.05, 0.1) is 9.79 Å². The summed E-state index contributed by atoms with van der Waals surface area (Å²) in [5, 5.41) is 0. The zero-order valence-corrected chi connectivity index (χ0v) is 15.8. The van der Waals surface area contributed by atoms with Crippen molar-refractivity contribution in [2.24, 2.45) is 0 Å². The van der Waals surface area contributed by atoms with Gasteiger partial charge in [-0.3, -0.25) is 0 Å². The molecule has 4 nitrogen and oxygen atoms in total. The zero-order valence-electron chi connectivity index (χ0n) is 14.2. The first kappa shape index (κ1) is 20.0. The fourth-order valence-corrected chi connectivity index (χ4v) is 7.74. The standard InChI is InChI=1S/C20H20O4S2/c1-3-5-17-20(16-4-2,25(21,22)18-12-8-6-9-13-18)26(23,24)19-14-10-7-11-15-19/h2-3,6-15H,1,5,16-17H2. The van der Waals surface area contributed by atoms with E-state index in [1.165, 1.54) is 30.3 Å². The van der Waals surface area contributed by atoms with Crippen molar-refractivity contribution in [1.29, 1.82) is 0 Å². The van der Waals surface area contributed by atoms with Crippen molar-refractivity contribution < 1.29 is 16.8 Å². The summed E-state index contributed by atoms with van der Waals surface area (Å²) in [6.45, 7) is 3.59. The second-order valence-electron chi connectivity index (χ2n) is 5.75. The van der Waals surface area contributed by atoms with Crippen molar-refractivity contribution >= 4 is 19.7 Å². The summed E-state index contributed by atoms with van der Waals surface area (Å²) in [4.78, 5) is -0.141. The molecule has 0 aliphatic heterocycles. The zero-order chi connectivity index (χ0) is 19.3. The van der Waals surface area contributed by atoms with E-state index < -0.39 is 30.2 Å². The number of terminal acetylenes is 1. The molecule has 2 rings (SSSR count). The maximum absolute atomic E-state index is 13.5. The Morgan fingerprint density at radius 1 is 0.885 bits per heavy atom. The molecular weight excluding hydrogens is 368 g/mol. The first-order valence-corrected chi connectivity index (χ1v) is 10.9. The van der Waals surface area contributed by atoms with Crippen LogP contribution in [0.3, 0.4) is 0 Å². The normalized spacial score (nSPS) is 12.3. The quantitative estimate of drug-likeness (QED) is 0.512. The van der Waals surface area contributed by atoms with E-state index in [-0.39, 0.29) is 22.6 Å². The van der Waals surface area contributed by atoms with Crippen molar-refractivity contribution in [3.05, 3.63) is 73.3 Å². The third-order valence-electron chi connectivity index (χ3n) is 4.19. The van der Waals surface area contributed by atoms with Gasteiger partial charge in [-0.05, 0) is 37.1 Å².